The van der Waals surface area contributed by atoms with Crippen LogP contribution in [0.2, 0.25) is 0 Å². The van der Waals surface area contributed by atoms with E-state index in [4.69, 9.17) is 14.2 Å². The average Bonchev–Trinajstić information content (AvgIpc) is 3.41. The molecule has 5 rings (SSSR count). The molecular weight excluding hydrogens is 669 g/mol. The van der Waals surface area contributed by atoms with Crippen LogP contribution in [0.4, 0.5) is 4.79 Å². The van der Waals surface area contributed by atoms with Gasteiger partial charge in [0.2, 0.25) is 5.91 Å². The lowest BCUT2D eigenvalue weighted by Gasteiger charge is -2.62. The van der Waals surface area contributed by atoms with Crippen molar-refractivity contribution in [3.63, 3.8) is 0 Å². The first-order chi connectivity index (χ1) is 23.3. The molecule has 0 aromatic carbocycles. The Morgan fingerprint density at radius 3 is 2.39 bits per heavy atom. The molecule has 5 fully saturated rings. The van der Waals surface area contributed by atoms with Crippen molar-refractivity contribution in [2.75, 3.05) is 44.9 Å². The minimum atomic E-state index is -1.37. The van der Waals surface area contributed by atoms with Gasteiger partial charge in [-0.3, -0.25) is 4.79 Å². The molecule has 0 radical (unpaired) electrons. The maximum absolute atomic E-state index is 12.6. The van der Waals surface area contributed by atoms with Crippen LogP contribution in [-0.4, -0.2) is 113 Å². The number of hydrogen-bond donors (Lipinski definition) is 6. The second kappa shape index (κ2) is 16.9. The summed E-state index contributed by atoms with van der Waals surface area (Å²) in [5.41, 5.74) is -1.18. The Hall–Kier alpha value is -0.800. The van der Waals surface area contributed by atoms with Gasteiger partial charge in [0.05, 0.1) is 25.4 Å². The van der Waals surface area contributed by atoms with Gasteiger partial charge in [0.25, 0.3) is 0 Å². The lowest BCUT2D eigenvalue weighted by Crippen LogP contribution is -2.62. The average molecular weight is 731 g/mol. The smallest absolute Gasteiger partial charge is 0.407 e. The van der Waals surface area contributed by atoms with E-state index in [2.05, 4.69) is 24.5 Å². The van der Waals surface area contributed by atoms with Gasteiger partial charge in [-0.15, -0.1) is 0 Å². The number of aliphatic hydroxyl groups is 4. The van der Waals surface area contributed by atoms with Gasteiger partial charge in [0.15, 0.2) is 5.60 Å². The molecule has 0 bridgehead atoms. The van der Waals surface area contributed by atoms with Gasteiger partial charge in [-0.2, -0.15) is 0 Å². The van der Waals surface area contributed by atoms with E-state index in [1.807, 2.05) is 0 Å². The van der Waals surface area contributed by atoms with Crippen molar-refractivity contribution in [2.24, 2.45) is 40.4 Å². The van der Waals surface area contributed by atoms with Gasteiger partial charge in [-0.05, 0) is 112 Å². The fourth-order valence-corrected chi connectivity index (χ4v) is 12.4. The first kappa shape index (κ1) is 39.4. The van der Waals surface area contributed by atoms with Gasteiger partial charge in [-0.25, -0.2) is 4.79 Å². The van der Waals surface area contributed by atoms with Crippen LogP contribution in [0.25, 0.3) is 0 Å². The third-order valence-corrected chi connectivity index (χ3v) is 15.9. The van der Waals surface area contributed by atoms with E-state index in [1.165, 1.54) is 33.3 Å². The normalized spacial score (nSPS) is 43.2. The summed E-state index contributed by atoms with van der Waals surface area (Å²) in [6, 6.07) is 0. The molecule has 2 amide bonds. The molecule has 5 aliphatic rings. The largest absolute Gasteiger partial charge is 0.438 e. The summed E-state index contributed by atoms with van der Waals surface area (Å²) in [6.45, 7) is 7.35. The van der Waals surface area contributed by atoms with Crippen LogP contribution in [0.3, 0.4) is 0 Å². The Morgan fingerprint density at radius 1 is 0.918 bits per heavy atom. The van der Waals surface area contributed by atoms with Gasteiger partial charge in [0, 0.05) is 38.1 Å². The van der Waals surface area contributed by atoms with Crippen LogP contribution in [0.1, 0.15) is 91.4 Å². The Labute approximate surface area is 300 Å². The Balaban J connectivity index is 0.928. The molecule has 0 aromatic rings. The van der Waals surface area contributed by atoms with Crippen LogP contribution >= 0.6 is 21.6 Å². The summed E-state index contributed by atoms with van der Waals surface area (Å²) in [7, 11) is 4.69. The third-order valence-electron chi connectivity index (χ3n) is 13.5. The van der Waals surface area contributed by atoms with Crippen molar-refractivity contribution >= 4 is 33.6 Å². The predicted molar refractivity (Wildman–Crippen MR) is 191 cm³/mol. The summed E-state index contributed by atoms with van der Waals surface area (Å²) in [6.07, 6.45) is 6.61. The van der Waals surface area contributed by atoms with E-state index >= 15 is 0 Å². The monoisotopic (exact) mass is 730 g/mol. The van der Waals surface area contributed by atoms with E-state index < -0.39 is 30.0 Å². The van der Waals surface area contributed by atoms with E-state index in [1.54, 1.807) is 21.6 Å². The fraction of sp³-hybridized carbons (Fsp3) is 0.944. The first-order valence-corrected chi connectivity index (χ1v) is 21.1. The number of fused-ring (bicyclic) bond motifs is 5. The highest BCUT2D eigenvalue weighted by Crippen LogP contribution is 2.67. The van der Waals surface area contributed by atoms with Crippen LogP contribution < -0.4 is 10.6 Å². The van der Waals surface area contributed by atoms with E-state index in [0.717, 1.165) is 50.7 Å². The zero-order valence-electron chi connectivity index (χ0n) is 29.9. The molecule has 0 aromatic heterocycles. The second-order valence-corrected chi connectivity index (χ2v) is 18.9. The number of methoxy groups -OCH3 is 1. The van der Waals surface area contributed by atoms with Crippen molar-refractivity contribution in [1.29, 1.82) is 0 Å². The minimum absolute atomic E-state index is 0.0548. The van der Waals surface area contributed by atoms with Crippen LogP contribution in [-0.2, 0) is 19.0 Å². The standard InChI is InChI=1S/C36H62N2O9S2/c1-34-13-12-24(39)18-23(34)8-10-25-26-11-9-22(36(26,3)29(40)19-27(25)34)6-5-7-30(41)37-14-16-48-49-17-15-38-33(44)47-35(2)21-46-28(20-45-4)31(42)32(35)43/h22-29,31-32,39-40,42-43H,5-21H2,1-4H3,(H,37,41)(H,38,44)/t22?,23?,24-,25?,26?,27?,28?,29-,31?,32?,34+,35?,36-/m1/s1. The van der Waals surface area contributed by atoms with Crippen molar-refractivity contribution in [3.8, 4) is 0 Å². The molecular formula is C36H62N2O9S2. The molecule has 4 saturated carbocycles. The molecule has 1 heterocycles. The van der Waals surface area contributed by atoms with Crippen molar-refractivity contribution in [3.05, 3.63) is 0 Å². The maximum atomic E-state index is 12.6. The van der Waals surface area contributed by atoms with Crippen LogP contribution in [0.5, 0.6) is 0 Å². The molecule has 6 N–H and O–H groups in total. The quantitative estimate of drug-likeness (QED) is 0.113. The predicted octanol–water partition coefficient (Wildman–Crippen LogP) is 3.90. The fourth-order valence-electron chi connectivity index (χ4n) is 10.6. The van der Waals surface area contributed by atoms with Crippen molar-refractivity contribution < 1.29 is 44.2 Å². The molecule has 1 saturated heterocycles. The summed E-state index contributed by atoms with van der Waals surface area (Å²) < 4.78 is 15.9. The summed E-state index contributed by atoms with van der Waals surface area (Å²) in [5.74, 6) is 4.31. The highest BCUT2D eigenvalue weighted by atomic mass is 33.1. The number of aliphatic hydroxyl groups excluding tert-OH is 4. The number of rotatable bonds is 14. The minimum Gasteiger partial charge on any atom is -0.438 e. The number of amides is 2. The number of carbonyl (C=O) groups is 2. The van der Waals surface area contributed by atoms with Crippen molar-refractivity contribution in [1.82, 2.24) is 10.6 Å². The third kappa shape index (κ3) is 8.55. The number of nitrogens with one attached hydrogen (secondary N) is 2. The molecule has 13 atom stereocenters. The molecule has 11 nitrogen and oxygen atoms in total. The second-order valence-electron chi connectivity index (χ2n) is 16.2. The number of ether oxygens (including phenoxy) is 3. The summed E-state index contributed by atoms with van der Waals surface area (Å²) in [5, 5.41) is 48.5. The van der Waals surface area contributed by atoms with Crippen LogP contribution in [0, 0.1) is 40.4 Å². The van der Waals surface area contributed by atoms with E-state index in [-0.39, 0.29) is 42.2 Å². The molecule has 4 aliphatic carbocycles. The highest BCUT2D eigenvalue weighted by molar-refractivity contribution is 8.76. The lowest BCUT2D eigenvalue weighted by atomic mass is 9.44. The zero-order chi connectivity index (χ0) is 35.4. The van der Waals surface area contributed by atoms with Gasteiger partial charge in [-0.1, -0.05) is 35.4 Å². The molecule has 0 spiro atoms. The van der Waals surface area contributed by atoms with E-state index in [0.29, 0.717) is 54.9 Å². The van der Waals surface area contributed by atoms with E-state index in [9.17, 15) is 30.0 Å². The summed E-state index contributed by atoms with van der Waals surface area (Å²) in [4.78, 5) is 24.9. The van der Waals surface area contributed by atoms with Gasteiger partial charge in [0.1, 0.15) is 18.3 Å². The Bertz CT molecular complexity index is 1120. The molecule has 49 heavy (non-hydrogen) atoms. The van der Waals surface area contributed by atoms with Gasteiger partial charge >= 0.3 is 6.09 Å². The molecule has 282 valence electrons. The number of hydrogen-bond acceptors (Lipinski definition) is 11. The Kier molecular flexibility index (Phi) is 13.6. The molecule has 1 aliphatic heterocycles. The SMILES string of the molecule is COCC1OCC(C)(OC(=O)NCCSSCCNC(=O)CCCC2CCC3C4CCC5C[C@H](O)CC[C@]5(C)C4C[C@@H](O)[C@]23C)C(O)C1O. The topological polar surface area (TPSA) is 167 Å². The Morgan fingerprint density at radius 2 is 1.65 bits per heavy atom. The first-order valence-electron chi connectivity index (χ1n) is 18.6. The number of carbonyl (C=O) groups excluding carboxylic acids is 2. The highest BCUT2D eigenvalue weighted by Gasteiger charge is 2.63. The summed E-state index contributed by atoms with van der Waals surface area (Å²) >= 11 is 0. The zero-order valence-corrected chi connectivity index (χ0v) is 31.6. The number of alkyl carbamates (subject to hydrolysis) is 1. The van der Waals surface area contributed by atoms with Gasteiger partial charge < -0.3 is 45.3 Å². The van der Waals surface area contributed by atoms with Crippen LogP contribution in [0.15, 0.2) is 0 Å². The lowest BCUT2D eigenvalue weighted by molar-refractivity contribution is -0.234. The van der Waals surface area contributed by atoms with Crippen molar-refractivity contribution in [2.45, 2.75) is 128 Å². The molecule has 13 heteroatoms. The molecule has 9 unspecified atom stereocenters. The maximum Gasteiger partial charge on any atom is 0.407 e.